The number of aliphatic hydroxyl groups is 1. The third-order valence-electron chi connectivity index (χ3n) is 3.55. The highest BCUT2D eigenvalue weighted by molar-refractivity contribution is 6.34. The Morgan fingerprint density at radius 2 is 1.96 bits per heavy atom. The maximum atomic E-state index is 10.2. The average molecular weight is 371 g/mol. The molecule has 0 spiro atoms. The number of hydrogen-bond acceptors (Lipinski definition) is 3. The Bertz CT molecular complexity index is 666. The van der Waals surface area contributed by atoms with E-state index in [0.717, 1.165) is 22.8 Å². The van der Waals surface area contributed by atoms with E-state index in [-0.39, 0.29) is 6.61 Å². The van der Waals surface area contributed by atoms with Crippen LogP contribution in [0.5, 0.6) is 11.5 Å². The van der Waals surface area contributed by atoms with Crippen molar-refractivity contribution in [2.75, 3.05) is 27.3 Å². The van der Waals surface area contributed by atoms with E-state index in [4.69, 9.17) is 32.7 Å². The number of likely N-dealkylation sites (N-methyl/N-ethyl adjacent to an activating group) is 1. The van der Waals surface area contributed by atoms with E-state index in [1.165, 1.54) is 0 Å². The van der Waals surface area contributed by atoms with E-state index < -0.39 is 6.10 Å². The molecule has 0 saturated carbocycles. The topological polar surface area (TPSA) is 43.1 Å². The van der Waals surface area contributed by atoms with Crippen LogP contribution in [0.25, 0.3) is 0 Å². The van der Waals surface area contributed by atoms with Crippen LogP contribution in [0.15, 0.2) is 42.5 Å². The first kappa shape index (κ1) is 18.9. The Kier molecular flexibility index (Phi) is 7.18. The Labute approximate surface area is 152 Å². The summed E-state index contributed by atoms with van der Waals surface area (Å²) in [4.78, 5) is 1.16. The first-order valence-electron chi connectivity index (χ1n) is 7.68. The van der Waals surface area contributed by atoms with Gasteiger partial charge in [0.15, 0.2) is 0 Å². The molecular weight excluding hydrogens is 349 g/mol. The molecule has 2 aromatic carbocycles. The Morgan fingerprint density at radius 1 is 1.17 bits per heavy atom. The fraction of sp³-hybridized carbons (Fsp3) is 0.333. The molecule has 4 nitrogen and oxygen atoms in total. The van der Waals surface area contributed by atoms with Crippen molar-refractivity contribution in [2.24, 2.45) is 0 Å². The summed E-state index contributed by atoms with van der Waals surface area (Å²) in [6.45, 7) is 1.50. The molecule has 0 aliphatic heterocycles. The van der Waals surface area contributed by atoms with Gasteiger partial charge in [-0.15, -0.1) is 0 Å². The predicted molar refractivity (Wildman–Crippen MR) is 96.4 cm³/mol. The van der Waals surface area contributed by atoms with Crippen LogP contribution in [-0.4, -0.2) is 38.5 Å². The lowest BCUT2D eigenvalue weighted by atomic mass is 10.2. The summed E-state index contributed by atoms with van der Waals surface area (Å²) in [5, 5.41) is 11.2. The molecule has 24 heavy (non-hydrogen) atoms. The number of nitrogens with one attached hydrogen (secondary N) is 1. The van der Waals surface area contributed by atoms with Gasteiger partial charge in [-0.3, -0.25) is 0 Å². The zero-order chi connectivity index (χ0) is 17.5. The fourth-order valence-corrected chi connectivity index (χ4v) is 2.77. The van der Waals surface area contributed by atoms with Crippen molar-refractivity contribution >= 4 is 23.2 Å². The van der Waals surface area contributed by atoms with Crippen LogP contribution in [0.3, 0.4) is 0 Å². The van der Waals surface area contributed by atoms with Crippen LogP contribution >= 0.6 is 23.2 Å². The molecule has 0 radical (unpaired) electrons. The van der Waals surface area contributed by atoms with Gasteiger partial charge in [-0.05, 0) is 24.3 Å². The number of ether oxygens (including phenoxy) is 2. The molecule has 0 aliphatic rings. The smallest absolute Gasteiger partial charge is 0.139 e. The second-order valence-electron chi connectivity index (χ2n) is 5.73. The maximum absolute atomic E-state index is 10.2. The van der Waals surface area contributed by atoms with E-state index in [1.807, 2.05) is 31.3 Å². The quantitative estimate of drug-likeness (QED) is 0.749. The summed E-state index contributed by atoms with van der Waals surface area (Å²) in [5.74, 6) is 1.31. The van der Waals surface area contributed by atoms with Gasteiger partial charge in [-0.1, -0.05) is 35.3 Å². The monoisotopic (exact) mass is 370 g/mol. The molecule has 130 valence electrons. The molecular formula is C18H22Cl2NO3+. The second kappa shape index (κ2) is 9.14. The van der Waals surface area contributed by atoms with Crippen LogP contribution in [0.2, 0.25) is 10.0 Å². The summed E-state index contributed by atoms with van der Waals surface area (Å²) >= 11 is 12.0. The highest BCUT2D eigenvalue weighted by atomic mass is 35.5. The molecule has 2 N–H and O–H groups in total. The van der Waals surface area contributed by atoms with Crippen LogP contribution in [0, 0.1) is 0 Å². The van der Waals surface area contributed by atoms with E-state index in [1.54, 1.807) is 25.3 Å². The molecule has 6 heteroatoms. The highest BCUT2D eigenvalue weighted by Crippen LogP contribution is 2.27. The zero-order valence-corrected chi connectivity index (χ0v) is 15.3. The summed E-state index contributed by atoms with van der Waals surface area (Å²) < 4.78 is 10.8. The number of methoxy groups -OCH3 is 1. The largest absolute Gasteiger partial charge is 0.497 e. The van der Waals surface area contributed by atoms with Crippen molar-refractivity contribution in [1.82, 2.24) is 0 Å². The predicted octanol–water partition coefficient (Wildman–Crippen LogP) is 2.46. The Hall–Kier alpha value is -1.46. The molecule has 2 aromatic rings. The van der Waals surface area contributed by atoms with Gasteiger partial charge in [0.1, 0.15) is 37.3 Å². The molecule has 0 aromatic heterocycles. The third kappa shape index (κ3) is 5.87. The van der Waals surface area contributed by atoms with E-state index in [2.05, 4.69) is 0 Å². The molecule has 0 amide bonds. The zero-order valence-electron chi connectivity index (χ0n) is 13.8. The average Bonchev–Trinajstić information content (AvgIpc) is 2.55. The lowest BCUT2D eigenvalue weighted by molar-refractivity contribution is -0.897. The fourth-order valence-electron chi connectivity index (χ4n) is 2.44. The lowest BCUT2D eigenvalue weighted by Crippen LogP contribution is -3.09. The standard InChI is InChI=1S/C18H21Cl2NO3/c1-21(10-13-4-3-5-16(8-13)23-2)11-15(22)12-24-18-9-14(19)6-7-17(18)20/h3-9,15,22H,10-12H2,1-2H3/p+1/t15-/m0/s1. The van der Waals surface area contributed by atoms with Gasteiger partial charge in [-0.2, -0.15) is 0 Å². The van der Waals surface area contributed by atoms with Crippen LogP contribution in [0.4, 0.5) is 0 Å². The number of benzene rings is 2. The summed E-state index contributed by atoms with van der Waals surface area (Å²) in [7, 11) is 3.67. The van der Waals surface area contributed by atoms with E-state index >= 15 is 0 Å². The number of aliphatic hydroxyl groups excluding tert-OH is 1. The third-order valence-corrected chi connectivity index (χ3v) is 4.10. The molecule has 2 rings (SSSR count). The second-order valence-corrected chi connectivity index (χ2v) is 6.57. The Morgan fingerprint density at radius 3 is 2.71 bits per heavy atom. The van der Waals surface area contributed by atoms with Crippen LogP contribution < -0.4 is 14.4 Å². The first-order chi connectivity index (χ1) is 11.5. The van der Waals surface area contributed by atoms with Crippen molar-refractivity contribution in [3.8, 4) is 11.5 Å². The molecule has 0 heterocycles. The van der Waals surface area contributed by atoms with E-state index in [0.29, 0.717) is 22.3 Å². The molecule has 0 fully saturated rings. The van der Waals surface area contributed by atoms with Gasteiger partial charge < -0.3 is 19.5 Å². The first-order valence-corrected chi connectivity index (χ1v) is 8.43. The van der Waals surface area contributed by atoms with Crippen molar-refractivity contribution < 1.29 is 19.5 Å². The van der Waals surface area contributed by atoms with Gasteiger partial charge >= 0.3 is 0 Å². The molecule has 1 unspecified atom stereocenters. The van der Waals surface area contributed by atoms with E-state index in [9.17, 15) is 5.11 Å². The number of quaternary nitrogens is 1. The van der Waals surface area contributed by atoms with Crippen LogP contribution in [-0.2, 0) is 6.54 Å². The summed E-state index contributed by atoms with van der Waals surface area (Å²) in [5.41, 5.74) is 1.15. The van der Waals surface area contributed by atoms with Crippen molar-refractivity contribution in [1.29, 1.82) is 0 Å². The van der Waals surface area contributed by atoms with Gasteiger partial charge in [0, 0.05) is 16.7 Å². The minimum Gasteiger partial charge on any atom is -0.497 e. The summed E-state index contributed by atoms with van der Waals surface area (Å²) in [6, 6.07) is 12.9. The SMILES string of the molecule is COc1cccc(C[NH+](C)C[C@H](O)COc2cc(Cl)ccc2Cl)c1. The maximum Gasteiger partial charge on any atom is 0.139 e. The minimum absolute atomic E-state index is 0.162. The number of hydrogen-bond donors (Lipinski definition) is 2. The van der Waals surface area contributed by atoms with Crippen LogP contribution in [0.1, 0.15) is 5.56 Å². The van der Waals surface area contributed by atoms with Gasteiger partial charge in [0.25, 0.3) is 0 Å². The van der Waals surface area contributed by atoms with Gasteiger partial charge in [0.05, 0.1) is 19.2 Å². The minimum atomic E-state index is -0.606. The summed E-state index contributed by atoms with van der Waals surface area (Å²) in [6.07, 6.45) is -0.606. The normalized spacial score (nSPS) is 13.4. The molecule has 0 saturated heterocycles. The van der Waals surface area contributed by atoms with Crippen molar-refractivity contribution in [3.05, 3.63) is 58.1 Å². The Balaban J connectivity index is 1.82. The highest BCUT2D eigenvalue weighted by Gasteiger charge is 2.14. The van der Waals surface area contributed by atoms with Crippen molar-refractivity contribution in [3.63, 3.8) is 0 Å². The number of halogens is 2. The molecule has 0 aliphatic carbocycles. The number of rotatable bonds is 8. The van der Waals surface area contributed by atoms with Crippen molar-refractivity contribution in [2.45, 2.75) is 12.6 Å². The van der Waals surface area contributed by atoms with Gasteiger partial charge in [0.2, 0.25) is 0 Å². The van der Waals surface area contributed by atoms with Gasteiger partial charge in [-0.25, -0.2) is 0 Å². The molecule has 0 bridgehead atoms. The lowest BCUT2D eigenvalue weighted by Gasteiger charge is -2.19. The molecule has 2 atom stereocenters.